The van der Waals surface area contributed by atoms with Gasteiger partial charge in [-0.2, -0.15) is 0 Å². The van der Waals surface area contributed by atoms with E-state index < -0.39 is 6.04 Å². The summed E-state index contributed by atoms with van der Waals surface area (Å²) in [5.41, 5.74) is 6.44. The number of halogens is 1. The molecule has 0 heterocycles. The lowest BCUT2D eigenvalue weighted by atomic mass is 10.1. The van der Waals surface area contributed by atoms with E-state index in [-0.39, 0.29) is 6.61 Å². The third-order valence-electron chi connectivity index (χ3n) is 2.08. The Morgan fingerprint density at radius 1 is 1.33 bits per heavy atom. The van der Waals surface area contributed by atoms with E-state index in [1.54, 1.807) is 26.4 Å². The van der Waals surface area contributed by atoms with Crippen LogP contribution in [0.25, 0.3) is 0 Å². The second kappa shape index (κ2) is 5.34. The summed E-state index contributed by atoms with van der Waals surface area (Å²) >= 11 is 3.34. The molecule has 0 aliphatic heterocycles. The van der Waals surface area contributed by atoms with Gasteiger partial charge >= 0.3 is 0 Å². The van der Waals surface area contributed by atoms with Crippen LogP contribution in [0.5, 0.6) is 11.5 Å². The minimum absolute atomic E-state index is 0.158. The van der Waals surface area contributed by atoms with Crippen molar-refractivity contribution in [2.24, 2.45) is 5.73 Å². The minimum atomic E-state index is -0.511. The molecule has 0 amide bonds. The molecule has 0 fully saturated rings. The number of aliphatic hydroxyl groups is 1. The Bertz CT molecular complexity index is 318. The highest BCUT2D eigenvalue weighted by molar-refractivity contribution is 9.10. The molecule has 1 aromatic carbocycles. The number of aliphatic hydroxyl groups excluding tert-OH is 1. The molecule has 0 aromatic heterocycles. The van der Waals surface area contributed by atoms with E-state index in [1.807, 2.05) is 0 Å². The van der Waals surface area contributed by atoms with Gasteiger partial charge in [0.2, 0.25) is 0 Å². The van der Waals surface area contributed by atoms with E-state index in [2.05, 4.69) is 15.9 Å². The third kappa shape index (κ3) is 2.62. The lowest BCUT2D eigenvalue weighted by Gasteiger charge is -2.17. The third-order valence-corrected chi connectivity index (χ3v) is 2.53. The average molecular weight is 276 g/mol. The predicted octanol–water partition coefficient (Wildman–Crippen LogP) is 1.46. The Morgan fingerprint density at radius 2 is 1.80 bits per heavy atom. The van der Waals surface area contributed by atoms with Gasteiger partial charge in [-0.05, 0) is 12.1 Å². The number of methoxy groups -OCH3 is 2. The van der Waals surface area contributed by atoms with Crippen LogP contribution >= 0.6 is 15.9 Å². The van der Waals surface area contributed by atoms with Crippen LogP contribution in [0.4, 0.5) is 0 Å². The molecule has 4 nitrogen and oxygen atoms in total. The quantitative estimate of drug-likeness (QED) is 0.873. The van der Waals surface area contributed by atoms with E-state index in [4.69, 9.17) is 20.3 Å². The van der Waals surface area contributed by atoms with Gasteiger partial charge in [-0.25, -0.2) is 0 Å². The second-order valence-corrected chi connectivity index (χ2v) is 3.93. The number of ether oxygens (including phenoxy) is 2. The highest BCUT2D eigenvalue weighted by Gasteiger charge is 2.17. The normalized spacial score (nSPS) is 12.3. The maximum Gasteiger partial charge on any atom is 0.128 e. The molecule has 3 N–H and O–H groups in total. The lowest BCUT2D eigenvalue weighted by molar-refractivity contribution is 0.260. The summed E-state index contributed by atoms with van der Waals surface area (Å²) in [5, 5.41) is 9.05. The Labute approximate surface area is 97.1 Å². The summed E-state index contributed by atoms with van der Waals surface area (Å²) in [5.74, 6) is 1.20. The monoisotopic (exact) mass is 275 g/mol. The number of rotatable bonds is 4. The van der Waals surface area contributed by atoms with Gasteiger partial charge in [0.1, 0.15) is 11.5 Å². The van der Waals surface area contributed by atoms with Crippen LogP contribution in [-0.4, -0.2) is 25.9 Å². The Hall–Kier alpha value is -0.780. The Kier molecular flexibility index (Phi) is 4.38. The molecule has 84 valence electrons. The molecule has 0 saturated carbocycles. The summed E-state index contributed by atoms with van der Waals surface area (Å²) in [4.78, 5) is 0. The topological polar surface area (TPSA) is 64.7 Å². The van der Waals surface area contributed by atoms with Crippen LogP contribution in [0.2, 0.25) is 0 Å². The SMILES string of the molecule is COc1cc(Br)cc(OC)c1[C@H](N)CO. The molecule has 0 spiro atoms. The Balaban J connectivity index is 3.30. The Morgan fingerprint density at radius 3 is 2.13 bits per heavy atom. The van der Waals surface area contributed by atoms with Gasteiger partial charge in [-0.3, -0.25) is 0 Å². The van der Waals surface area contributed by atoms with Gasteiger partial charge in [0.25, 0.3) is 0 Å². The van der Waals surface area contributed by atoms with Crippen LogP contribution in [0.15, 0.2) is 16.6 Å². The minimum Gasteiger partial charge on any atom is -0.496 e. The van der Waals surface area contributed by atoms with E-state index in [1.165, 1.54) is 0 Å². The maximum absolute atomic E-state index is 9.05. The smallest absolute Gasteiger partial charge is 0.128 e. The molecule has 0 unspecified atom stereocenters. The maximum atomic E-state index is 9.05. The van der Waals surface area contributed by atoms with Gasteiger partial charge in [-0.15, -0.1) is 0 Å². The zero-order valence-electron chi connectivity index (χ0n) is 8.66. The number of nitrogens with two attached hydrogens (primary N) is 1. The van der Waals surface area contributed by atoms with Crippen molar-refractivity contribution < 1.29 is 14.6 Å². The zero-order valence-corrected chi connectivity index (χ0v) is 10.2. The molecule has 1 atom stereocenters. The molecule has 1 rings (SSSR count). The summed E-state index contributed by atoms with van der Waals surface area (Å²) in [6.07, 6.45) is 0. The number of benzene rings is 1. The van der Waals surface area contributed by atoms with Crippen LogP contribution in [0.1, 0.15) is 11.6 Å². The van der Waals surface area contributed by atoms with Crippen LogP contribution in [0, 0.1) is 0 Å². The standard InChI is InChI=1S/C10H14BrNO3/c1-14-8-3-6(11)4-9(15-2)10(8)7(12)5-13/h3-4,7,13H,5,12H2,1-2H3/t7-/m1/s1. The lowest BCUT2D eigenvalue weighted by Crippen LogP contribution is -2.16. The molecular weight excluding hydrogens is 262 g/mol. The fraction of sp³-hybridized carbons (Fsp3) is 0.400. The summed E-state index contributed by atoms with van der Waals surface area (Å²) in [6.45, 7) is -0.158. The van der Waals surface area contributed by atoms with Crippen molar-refractivity contribution in [3.05, 3.63) is 22.2 Å². The van der Waals surface area contributed by atoms with E-state index >= 15 is 0 Å². The first kappa shape index (κ1) is 12.3. The van der Waals surface area contributed by atoms with E-state index in [9.17, 15) is 0 Å². The van der Waals surface area contributed by atoms with E-state index in [0.29, 0.717) is 17.1 Å². The van der Waals surface area contributed by atoms with Crippen molar-refractivity contribution in [2.75, 3.05) is 20.8 Å². The van der Waals surface area contributed by atoms with Crippen LogP contribution in [0.3, 0.4) is 0 Å². The number of hydrogen-bond acceptors (Lipinski definition) is 4. The first-order valence-corrected chi connectivity index (χ1v) is 5.21. The largest absolute Gasteiger partial charge is 0.496 e. The van der Waals surface area contributed by atoms with Gasteiger partial charge in [-0.1, -0.05) is 15.9 Å². The van der Waals surface area contributed by atoms with Crippen molar-refractivity contribution in [3.8, 4) is 11.5 Å². The summed E-state index contributed by atoms with van der Waals surface area (Å²) in [6, 6.07) is 3.06. The van der Waals surface area contributed by atoms with Crippen LogP contribution in [-0.2, 0) is 0 Å². The molecule has 0 radical (unpaired) electrons. The number of hydrogen-bond donors (Lipinski definition) is 2. The van der Waals surface area contributed by atoms with Gasteiger partial charge in [0, 0.05) is 4.47 Å². The molecular formula is C10H14BrNO3. The summed E-state index contributed by atoms with van der Waals surface area (Å²) in [7, 11) is 3.10. The zero-order chi connectivity index (χ0) is 11.4. The molecule has 1 aromatic rings. The fourth-order valence-corrected chi connectivity index (χ4v) is 1.78. The molecule has 0 saturated heterocycles. The second-order valence-electron chi connectivity index (χ2n) is 3.01. The predicted molar refractivity (Wildman–Crippen MR) is 61.3 cm³/mol. The van der Waals surface area contributed by atoms with Crippen molar-refractivity contribution in [2.45, 2.75) is 6.04 Å². The average Bonchev–Trinajstić information content (AvgIpc) is 2.26. The van der Waals surface area contributed by atoms with Gasteiger partial charge in [0.15, 0.2) is 0 Å². The molecule has 5 heteroatoms. The van der Waals surface area contributed by atoms with Gasteiger partial charge < -0.3 is 20.3 Å². The summed E-state index contributed by atoms with van der Waals surface area (Å²) < 4.78 is 11.2. The first-order valence-electron chi connectivity index (χ1n) is 4.41. The highest BCUT2D eigenvalue weighted by Crippen LogP contribution is 2.36. The fourth-order valence-electron chi connectivity index (χ4n) is 1.36. The van der Waals surface area contributed by atoms with Crippen molar-refractivity contribution >= 4 is 15.9 Å². The molecule has 0 bridgehead atoms. The van der Waals surface area contributed by atoms with Crippen molar-refractivity contribution in [3.63, 3.8) is 0 Å². The molecule has 0 aliphatic rings. The van der Waals surface area contributed by atoms with Crippen molar-refractivity contribution in [1.82, 2.24) is 0 Å². The van der Waals surface area contributed by atoms with Crippen LogP contribution < -0.4 is 15.2 Å². The van der Waals surface area contributed by atoms with Crippen molar-refractivity contribution in [1.29, 1.82) is 0 Å². The highest BCUT2D eigenvalue weighted by atomic mass is 79.9. The molecule has 15 heavy (non-hydrogen) atoms. The van der Waals surface area contributed by atoms with Gasteiger partial charge in [0.05, 0.1) is 32.4 Å². The molecule has 0 aliphatic carbocycles. The first-order chi connectivity index (χ1) is 7.13. The van der Waals surface area contributed by atoms with E-state index in [0.717, 1.165) is 4.47 Å².